The molecule has 0 aliphatic carbocycles. The summed E-state index contributed by atoms with van der Waals surface area (Å²) >= 11 is 0. The highest BCUT2D eigenvalue weighted by Crippen LogP contribution is 2.04. The van der Waals surface area contributed by atoms with Crippen LogP contribution in [0.15, 0.2) is 0 Å². The molecule has 0 aromatic heterocycles. The Morgan fingerprint density at radius 1 is 1.57 bits per heavy atom. The highest BCUT2D eigenvalue weighted by Gasteiger charge is 2.22. The number of esters is 1. The summed E-state index contributed by atoms with van der Waals surface area (Å²) in [4.78, 5) is 34.1. The molecule has 1 rings (SSSR count). The largest absolute Gasteiger partial charge is 0.456 e. The van der Waals surface area contributed by atoms with Gasteiger partial charge in [-0.25, -0.2) is 0 Å². The van der Waals surface area contributed by atoms with Crippen molar-refractivity contribution in [2.45, 2.75) is 13.3 Å². The van der Waals surface area contributed by atoms with Gasteiger partial charge in [0, 0.05) is 19.0 Å². The third-order valence-electron chi connectivity index (χ3n) is 2.04. The Hall–Kier alpha value is -1.39. The number of hydrogen-bond acceptors (Lipinski definition) is 4. The molecule has 78 valence electrons. The van der Waals surface area contributed by atoms with Crippen LogP contribution in [0.4, 0.5) is 0 Å². The van der Waals surface area contributed by atoms with Gasteiger partial charge in [0.2, 0.25) is 0 Å². The molecule has 1 aliphatic rings. The molecule has 1 unspecified atom stereocenters. The molecule has 0 radical (unpaired) electrons. The molecule has 14 heavy (non-hydrogen) atoms. The van der Waals surface area contributed by atoms with Gasteiger partial charge in [-0.1, -0.05) is 6.92 Å². The molecular formula is C9H13NO4. The van der Waals surface area contributed by atoms with Gasteiger partial charge in [-0.05, 0) is 0 Å². The summed E-state index contributed by atoms with van der Waals surface area (Å²) in [7, 11) is 0. The van der Waals surface area contributed by atoms with E-state index in [9.17, 15) is 14.4 Å². The predicted octanol–water partition coefficient (Wildman–Crippen LogP) is -0.403. The summed E-state index contributed by atoms with van der Waals surface area (Å²) in [6, 6.07) is 0. The van der Waals surface area contributed by atoms with Crippen LogP contribution in [0.1, 0.15) is 13.3 Å². The Bertz CT molecular complexity index is 251. The molecule has 1 aliphatic heterocycles. The lowest BCUT2D eigenvalue weighted by Gasteiger charge is -2.20. The molecule has 1 saturated heterocycles. The highest BCUT2D eigenvalue weighted by atomic mass is 16.5. The first kappa shape index (κ1) is 10.7. The maximum absolute atomic E-state index is 11.3. The van der Waals surface area contributed by atoms with E-state index in [0.717, 1.165) is 6.29 Å². The van der Waals surface area contributed by atoms with E-state index in [1.54, 1.807) is 6.92 Å². The number of hydrogen-bond donors (Lipinski definition) is 0. The van der Waals surface area contributed by atoms with Gasteiger partial charge in [0.25, 0.3) is 5.91 Å². The summed E-state index contributed by atoms with van der Waals surface area (Å²) in [5.74, 6) is -0.795. The molecule has 0 aromatic rings. The number of carbonyl (C=O) groups excluding carboxylic acids is 3. The van der Waals surface area contributed by atoms with Crippen LogP contribution in [-0.4, -0.2) is 42.8 Å². The molecule has 5 heteroatoms. The third-order valence-corrected chi connectivity index (χ3v) is 2.04. The van der Waals surface area contributed by atoms with Crippen molar-refractivity contribution in [2.75, 3.05) is 19.7 Å². The van der Waals surface area contributed by atoms with E-state index >= 15 is 0 Å². The van der Waals surface area contributed by atoms with E-state index in [1.165, 1.54) is 4.90 Å². The fourth-order valence-electron chi connectivity index (χ4n) is 1.24. The van der Waals surface area contributed by atoms with Crippen LogP contribution < -0.4 is 0 Å². The van der Waals surface area contributed by atoms with Crippen molar-refractivity contribution in [1.82, 2.24) is 4.90 Å². The Morgan fingerprint density at radius 3 is 2.93 bits per heavy atom. The fourth-order valence-corrected chi connectivity index (χ4v) is 1.24. The standard InChI is InChI=1S/C9H13NO4/c1-7(5-11)4-10-3-2-9(13)14-6-8(10)12/h5,7H,2-4,6H2,1H3. The number of aldehydes is 1. The quantitative estimate of drug-likeness (QED) is 0.458. The second-order valence-corrected chi connectivity index (χ2v) is 3.36. The van der Waals surface area contributed by atoms with Crippen LogP contribution >= 0.6 is 0 Å². The number of cyclic esters (lactones) is 1. The van der Waals surface area contributed by atoms with E-state index in [0.29, 0.717) is 13.1 Å². The van der Waals surface area contributed by atoms with E-state index < -0.39 is 0 Å². The molecule has 0 bridgehead atoms. The van der Waals surface area contributed by atoms with Gasteiger partial charge >= 0.3 is 5.97 Å². The lowest BCUT2D eigenvalue weighted by Crippen LogP contribution is -2.36. The Morgan fingerprint density at radius 2 is 2.29 bits per heavy atom. The van der Waals surface area contributed by atoms with Crippen molar-refractivity contribution in [1.29, 1.82) is 0 Å². The normalized spacial score (nSPS) is 19.9. The molecular weight excluding hydrogens is 186 g/mol. The monoisotopic (exact) mass is 199 g/mol. The van der Waals surface area contributed by atoms with Crippen LogP contribution in [0, 0.1) is 5.92 Å². The molecule has 1 amide bonds. The number of amides is 1. The average molecular weight is 199 g/mol. The molecule has 1 atom stereocenters. The Kier molecular flexibility index (Phi) is 3.62. The van der Waals surface area contributed by atoms with Crippen LogP contribution in [0.2, 0.25) is 0 Å². The Balaban J connectivity index is 2.53. The summed E-state index contributed by atoms with van der Waals surface area (Å²) < 4.78 is 4.64. The average Bonchev–Trinajstić information content (AvgIpc) is 2.33. The molecule has 0 spiro atoms. The van der Waals surface area contributed by atoms with E-state index in [2.05, 4.69) is 4.74 Å². The van der Waals surface area contributed by atoms with Gasteiger partial charge in [0.15, 0.2) is 6.61 Å². The maximum Gasteiger partial charge on any atom is 0.308 e. The summed E-state index contributed by atoms with van der Waals surface area (Å²) in [5.41, 5.74) is 0. The Labute approximate surface area is 82.0 Å². The van der Waals surface area contributed by atoms with Crippen molar-refractivity contribution < 1.29 is 19.1 Å². The fraction of sp³-hybridized carbons (Fsp3) is 0.667. The topological polar surface area (TPSA) is 63.7 Å². The minimum atomic E-state index is -0.361. The second-order valence-electron chi connectivity index (χ2n) is 3.36. The first-order chi connectivity index (χ1) is 6.63. The second kappa shape index (κ2) is 4.74. The number of ether oxygens (including phenoxy) is 1. The van der Waals surface area contributed by atoms with E-state index in [1.807, 2.05) is 0 Å². The molecule has 0 saturated carbocycles. The molecule has 0 N–H and O–H groups in total. The van der Waals surface area contributed by atoms with E-state index in [4.69, 9.17) is 0 Å². The first-order valence-corrected chi connectivity index (χ1v) is 4.52. The minimum Gasteiger partial charge on any atom is -0.456 e. The molecule has 1 heterocycles. The first-order valence-electron chi connectivity index (χ1n) is 4.52. The van der Waals surface area contributed by atoms with Crippen LogP contribution in [0.3, 0.4) is 0 Å². The summed E-state index contributed by atoms with van der Waals surface area (Å²) in [6.07, 6.45) is 0.998. The van der Waals surface area contributed by atoms with Gasteiger partial charge < -0.3 is 14.4 Å². The van der Waals surface area contributed by atoms with Gasteiger partial charge in [0.1, 0.15) is 6.29 Å². The van der Waals surface area contributed by atoms with Crippen LogP contribution in [-0.2, 0) is 19.1 Å². The van der Waals surface area contributed by atoms with Crippen molar-refractivity contribution >= 4 is 18.2 Å². The molecule has 0 aromatic carbocycles. The van der Waals surface area contributed by atoms with Crippen molar-refractivity contribution in [3.63, 3.8) is 0 Å². The van der Waals surface area contributed by atoms with Gasteiger partial charge in [0.05, 0.1) is 6.42 Å². The number of rotatable bonds is 3. The van der Waals surface area contributed by atoms with Gasteiger partial charge in [-0.3, -0.25) is 9.59 Å². The molecule has 5 nitrogen and oxygen atoms in total. The highest BCUT2D eigenvalue weighted by molar-refractivity contribution is 5.83. The van der Waals surface area contributed by atoms with Crippen LogP contribution in [0.5, 0.6) is 0 Å². The smallest absolute Gasteiger partial charge is 0.308 e. The zero-order chi connectivity index (χ0) is 10.6. The maximum atomic E-state index is 11.3. The van der Waals surface area contributed by atoms with Crippen molar-refractivity contribution in [3.8, 4) is 0 Å². The zero-order valence-electron chi connectivity index (χ0n) is 8.06. The minimum absolute atomic E-state index is 0.202. The summed E-state index contributed by atoms with van der Waals surface area (Å²) in [6.45, 7) is 2.23. The van der Waals surface area contributed by atoms with Gasteiger partial charge in [-0.2, -0.15) is 0 Å². The lowest BCUT2D eigenvalue weighted by molar-refractivity contribution is -0.147. The third kappa shape index (κ3) is 2.83. The lowest BCUT2D eigenvalue weighted by atomic mass is 10.2. The summed E-state index contributed by atoms with van der Waals surface area (Å²) in [5, 5.41) is 0. The molecule has 1 fully saturated rings. The predicted molar refractivity (Wildman–Crippen MR) is 47.4 cm³/mol. The number of carbonyl (C=O) groups is 3. The van der Waals surface area contributed by atoms with Gasteiger partial charge in [-0.15, -0.1) is 0 Å². The van der Waals surface area contributed by atoms with Crippen LogP contribution in [0.25, 0.3) is 0 Å². The van der Waals surface area contributed by atoms with Crippen molar-refractivity contribution in [3.05, 3.63) is 0 Å². The van der Waals surface area contributed by atoms with Crippen molar-refractivity contribution in [2.24, 2.45) is 5.92 Å². The van der Waals surface area contributed by atoms with E-state index in [-0.39, 0.29) is 30.8 Å². The zero-order valence-corrected chi connectivity index (χ0v) is 8.06. The SMILES string of the molecule is CC(C=O)CN1CCC(=O)OCC1=O. The number of nitrogens with zero attached hydrogens (tertiary/aromatic N) is 1.